The van der Waals surface area contributed by atoms with E-state index in [1.165, 1.54) is 51.4 Å². The second-order valence-corrected chi connectivity index (χ2v) is 5.53. The zero-order valence-electron chi connectivity index (χ0n) is 7.77. The standard InChI is InChI=1S/C11H19Br/c12-11-9-7-5-3-1-2-4-6-8-10(9)11/h9-11H,1-8H2. The Morgan fingerprint density at radius 1 is 0.667 bits per heavy atom. The van der Waals surface area contributed by atoms with Crippen molar-refractivity contribution in [2.24, 2.45) is 11.8 Å². The van der Waals surface area contributed by atoms with Crippen molar-refractivity contribution in [2.75, 3.05) is 0 Å². The van der Waals surface area contributed by atoms with Gasteiger partial charge in [-0.15, -0.1) is 0 Å². The number of rotatable bonds is 0. The van der Waals surface area contributed by atoms with Crippen molar-refractivity contribution in [1.82, 2.24) is 0 Å². The van der Waals surface area contributed by atoms with E-state index in [-0.39, 0.29) is 0 Å². The van der Waals surface area contributed by atoms with E-state index in [0.29, 0.717) is 0 Å². The Morgan fingerprint density at radius 3 is 1.58 bits per heavy atom. The molecule has 2 atom stereocenters. The molecule has 0 nitrogen and oxygen atoms in total. The lowest BCUT2D eigenvalue weighted by Gasteiger charge is -2.05. The van der Waals surface area contributed by atoms with Crippen molar-refractivity contribution in [3.8, 4) is 0 Å². The molecule has 12 heavy (non-hydrogen) atoms. The van der Waals surface area contributed by atoms with Crippen molar-refractivity contribution in [3.05, 3.63) is 0 Å². The van der Waals surface area contributed by atoms with Gasteiger partial charge in [0.2, 0.25) is 0 Å². The summed E-state index contributed by atoms with van der Waals surface area (Å²) in [5.41, 5.74) is 0. The van der Waals surface area contributed by atoms with Crippen LogP contribution in [0.2, 0.25) is 0 Å². The van der Waals surface area contributed by atoms with Crippen LogP contribution in [0, 0.1) is 11.8 Å². The Kier molecular flexibility index (Phi) is 3.11. The molecule has 2 rings (SSSR count). The fourth-order valence-corrected chi connectivity index (χ4v) is 3.75. The molecular weight excluding hydrogens is 212 g/mol. The molecule has 0 spiro atoms. The predicted molar refractivity (Wildman–Crippen MR) is 56.6 cm³/mol. The molecule has 1 heteroatoms. The molecule has 0 saturated heterocycles. The van der Waals surface area contributed by atoms with E-state index >= 15 is 0 Å². The monoisotopic (exact) mass is 230 g/mol. The number of hydrogen-bond donors (Lipinski definition) is 0. The largest absolute Gasteiger partial charge is 0.0884 e. The Labute approximate surface area is 84.2 Å². The highest BCUT2D eigenvalue weighted by Crippen LogP contribution is 2.51. The van der Waals surface area contributed by atoms with Gasteiger partial charge >= 0.3 is 0 Å². The lowest BCUT2D eigenvalue weighted by atomic mass is 10.0. The average molecular weight is 231 g/mol. The molecule has 2 aliphatic carbocycles. The van der Waals surface area contributed by atoms with Crippen LogP contribution >= 0.6 is 15.9 Å². The number of alkyl halides is 1. The van der Waals surface area contributed by atoms with Gasteiger partial charge in [-0.25, -0.2) is 0 Å². The summed E-state index contributed by atoms with van der Waals surface area (Å²) in [5.74, 6) is 2.12. The van der Waals surface area contributed by atoms with E-state index in [9.17, 15) is 0 Å². The van der Waals surface area contributed by atoms with Crippen LogP contribution in [-0.4, -0.2) is 4.83 Å². The molecule has 0 aromatic heterocycles. The third-order valence-electron chi connectivity index (χ3n) is 3.55. The maximum absolute atomic E-state index is 3.80. The first-order valence-corrected chi connectivity index (χ1v) is 6.45. The van der Waals surface area contributed by atoms with Gasteiger partial charge in [0.25, 0.3) is 0 Å². The van der Waals surface area contributed by atoms with Crippen molar-refractivity contribution < 1.29 is 0 Å². The highest BCUT2D eigenvalue weighted by molar-refractivity contribution is 9.09. The van der Waals surface area contributed by atoms with Crippen molar-refractivity contribution in [3.63, 3.8) is 0 Å². The van der Waals surface area contributed by atoms with Gasteiger partial charge in [0.1, 0.15) is 0 Å². The minimum Gasteiger partial charge on any atom is -0.0884 e. The minimum atomic E-state index is 0.899. The van der Waals surface area contributed by atoms with Crippen LogP contribution in [0.5, 0.6) is 0 Å². The molecule has 0 aromatic rings. The summed E-state index contributed by atoms with van der Waals surface area (Å²) in [6.45, 7) is 0. The smallest absolute Gasteiger partial charge is 0.0208 e. The number of halogens is 1. The van der Waals surface area contributed by atoms with Crippen molar-refractivity contribution >= 4 is 15.9 Å². The maximum Gasteiger partial charge on any atom is 0.0208 e. The highest BCUT2D eigenvalue weighted by atomic mass is 79.9. The molecule has 2 aliphatic rings. The number of hydrogen-bond acceptors (Lipinski definition) is 0. The first-order chi connectivity index (χ1) is 5.89. The SMILES string of the molecule is BrC1C2CCCCCCCCC12. The third-order valence-corrected chi connectivity index (χ3v) is 4.91. The van der Waals surface area contributed by atoms with Crippen LogP contribution < -0.4 is 0 Å². The van der Waals surface area contributed by atoms with E-state index in [1.54, 1.807) is 0 Å². The molecule has 0 radical (unpaired) electrons. The Hall–Kier alpha value is 0.480. The molecular formula is C11H19Br. The van der Waals surface area contributed by atoms with E-state index in [4.69, 9.17) is 0 Å². The van der Waals surface area contributed by atoms with Crippen LogP contribution in [0.3, 0.4) is 0 Å². The summed E-state index contributed by atoms with van der Waals surface area (Å²) in [7, 11) is 0. The number of fused-ring (bicyclic) bond motifs is 1. The third kappa shape index (κ3) is 2.04. The normalized spacial score (nSPS) is 43.2. The van der Waals surface area contributed by atoms with Crippen molar-refractivity contribution in [2.45, 2.75) is 56.2 Å². The maximum atomic E-state index is 3.80. The van der Waals surface area contributed by atoms with Crippen LogP contribution in [0.1, 0.15) is 51.4 Å². The first kappa shape index (κ1) is 9.05. The summed E-state index contributed by atoms with van der Waals surface area (Å²) in [4.78, 5) is 0.899. The van der Waals surface area contributed by atoms with Gasteiger partial charge in [-0.1, -0.05) is 54.5 Å². The molecule has 0 bridgehead atoms. The summed E-state index contributed by atoms with van der Waals surface area (Å²) < 4.78 is 0. The van der Waals surface area contributed by atoms with E-state index in [1.807, 2.05) is 0 Å². The second-order valence-electron chi connectivity index (χ2n) is 4.47. The molecule has 2 saturated carbocycles. The topological polar surface area (TPSA) is 0 Å². The zero-order valence-corrected chi connectivity index (χ0v) is 9.35. The van der Waals surface area contributed by atoms with Crippen LogP contribution in [0.15, 0.2) is 0 Å². The molecule has 0 aromatic carbocycles. The quantitative estimate of drug-likeness (QED) is 0.550. The highest BCUT2D eigenvalue weighted by Gasteiger charge is 2.46. The fraction of sp³-hybridized carbons (Fsp3) is 1.00. The molecule has 2 unspecified atom stereocenters. The zero-order chi connectivity index (χ0) is 8.39. The molecule has 70 valence electrons. The molecule has 0 heterocycles. The molecule has 0 aliphatic heterocycles. The van der Waals surface area contributed by atoms with Gasteiger partial charge in [-0.3, -0.25) is 0 Å². The Bertz CT molecular complexity index is 128. The van der Waals surface area contributed by atoms with Crippen LogP contribution in [0.4, 0.5) is 0 Å². The lowest BCUT2D eigenvalue weighted by molar-refractivity contribution is 0.489. The van der Waals surface area contributed by atoms with Crippen molar-refractivity contribution in [1.29, 1.82) is 0 Å². The summed E-state index contributed by atoms with van der Waals surface area (Å²) >= 11 is 3.80. The van der Waals surface area contributed by atoms with E-state index < -0.39 is 0 Å². The fourth-order valence-electron chi connectivity index (χ4n) is 2.61. The van der Waals surface area contributed by atoms with Gasteiger partial charge in [-0.2, -0.15) is 0 Å². The van der Waals surface area contributed by atoms with Gasteiger partial charge in [0.05, 0.1) is 0 Å². The Balaban J connectivity index is 1.78. The lowest BCUT2D eigenvalue weighted by Crippen LogP contribution is -1.89. The minimum absolute atomic E-state index is 0.899. The summed E-state index contributed by atoms with van der Waals surface area (Å²) in [6.07, 6.45) is 11.9. The van der Waals surface area contributed by atoms with Gasteiger partial charge in [0.15, 0.2) is 0 Å². The molecule has 2 fully saturated rings. The summed E-state index contributed by atoms with van der Waals surface area (Å²) in [5, 5.41) is 0. The van der Waals surface area contributed by atoms with Gasteiger partial charge in [0, 0.05) is 4.83 Å². The van der Waals surface area contributed by atoms with Crippen LogP contribution in [-0.2, 0) is 0 Å². The molecule has 0 N–H and O–H groups in total. The molecule has 0 amide bonds. The predicted octanol–water partition coefficient (Wildman–Crippen LogP) is 4.13. The van der Waals surface area contributed by atoms with E-state index in [2.05, 4.69) is 15.9 Å². The van der Waals surface area contributed by atoms with Gasteiger partial charge in [-0.05, 0) is 24.7 Å². The Morgan fingerprint density at radius 2 is 1.08 bits per heavy atom. The first-order valence-electron chi connectivity index (χ1n) is 5.53. The van der Waals surface area contributed by atoms with Gasteiger partial charge < -0.3 is 0 Å². The summed E-state index contributed by atoms with van der Waals surface area (Å²) in [6, 6.07) is 0. The average Bonchev–Trinajstić information content (AvgIpc) is 2.71. The van der Waals surface area contributed by atoms with Crippen LogP contribution in [0.25, 0.3) is 0 Å². The second kappa shape index (κ2) is 4.13. The van der Waals surface area contributed by atoms with E-state index in [0.717, 1.165) is 16.7 Å².